The van der Waals surface area contributed by atoms with Gasteiger partial charge < -0.3 is 9.47 Å². The summed E-state index contributed by atoms with van der Waals surface area (Å²) >= 11 is 0. The Labute approximate surface area is 146 Å². The second kappa shape index (κ2) is 9.12. The maximum Gasteiger partial charge on any atom is 0.262 e. The highest BCUT2D eigenvalue weighted by molar-refractivity contribution is 5.93. The Hall–Kier alpha value is -3.28. The molecule has 0 saturated carbocycles. The summed E-state index contributed by atoms with van der Waals surface area (Å²) in [5, 5.41) is 0. The van der Waals surface area contributed by atoms with E-state index in [0.29, 0.717) is 11.5 Å². The Morgan fingerprint density at radius 2 is 1.68 bits per heavy atom. The average molecular weight is 340 g/mol. The monoisotopic (exact) mass is 340 g/mol. The van der Waals surface area contributed by atoms with E-state index in [1.807, 2.05) is 30.3 Å². The van der Waals surface area contributed by atoms with Crippen LogP contribution < -0.4 is 20.3 Å². The van der Waals surface area contributed by atoms with Gasteiger partial charge in [-0.25, -0.2) is 0 Å². The van der Waals surface area contributed by atoms with E-state index in [1.165, 1.54) is 13.2 Å². The Bertz CT molecular complexity index is 757. The summed E-state index contributed by atoms with van der Waals surface area (Å²) in [5.41, 5.74) is 6.35. The Balaban J connectivity index is 1.84. The SMILES string of the molecule is COc1ccc(CC(=O)NNC(=O)C=Cc2ccccc2)cc1OC. The molecule has 2 aromatic carbocycles. The minimum absolute atomic E-state index is 0.100. The molecule has 0 aliphatic rings. The minimum Gasteiger partial charge on any atom is -0.493 e. The average Bonchev–Trinajstić information content (AvgIpc) is 2.65. The third-order valence-corrected chi connectivity index (χ3v) is 3.36. The smallest absolute Gasteiger partial charge is 0.262 e. The first-order valence-corrected chi connectivity index (χ1v) is 7.65. The van der Waals surface area contributed by atoms with Crippen molar-refractivity contribution in [1.29, 1.82) is 0 Å². The summed E-state index contributed by atoms with van der Waals surface area (Å²) in [6, 6.07) is 14.6. The topological polar surface area (TPSA) is 76.7 Å². The zero-order valence-corrected chi connectivity index (χ0v) is 14.1. The second-order valence-corrected chi connectivity index (χ2v) is 5.15. The number of hydrogen-bond acceptors (Lipinski definition) is 4. The molecule has 0 aliphatic carbocycles. The number of carbonyl (C=O) groups excluding carboxylic acids is 2. The predicted molar refractivity (Wildman–Crippen MR) is 95.0 cm³/mol. The molecule has 0 bridgehead atoms. The fraction of sp³-hybridized carbons (Fsp3) is 0.158. The molecule has 2 amide bonds. The predicted octanol–water partition coefficient (Wildman–Crippen LogP) is 2.11. The lowest BCUT2D eigenvalue weighted by Crippen LogP contribution is -2.41. The summed E-state index contributed by atoms with van der Waals surface area (Å²) in [6.45, 7) is 0. The zero-order chi connectivity index (χ0) is 18.1. The molecule has 0 aliphatic heterocycles. The molecule has 2 rings (SSSR count). The van der Waals surface area contributed by atoms with E-state index >= 15 is 0 Å². The van der Waals surface area contributed by atoms with Crippen molar-refractivity contribution in [2.45, 2.75) is 6.42 Å². The highest BCUT2D eigenvalue weighted by Crippen LogP contribution is 2.27. The summed E-state index contributed by atoms with van der Waals surface area (Å²) in [6.07, 6.45) is 3.12. The van der Waals surface area contributed by atoms with Crippen molar-refractivity contribution >= 4 is 17.9 Å². The maximum atomic E-state index is 11.9. The van der Waals surface area contributed by atoms with E-state index in [9.17, 15) is 9.59 Å². The van der Waals surface area contributed by atoms with Crippen LogP contribution in [0.1, 0.15) is 11.1 Å². The van der Waals surface area contributed by atoms with Crippen LogP contribution in [-0.4, -0.2) is 26.0 Å². The lowest BCUT2D eigenvalue weighted by atomic mass is 10.1. The summed E-state index contributed by atoms with van der Waals surface area (Å²) in [7, 11) is 3.07. The van der Waals surface area contributed by atoms with Gasteiger partial charge in [-0.15, -0.1) is 0 Å². The molecular formula is C19H20N2O4. The minimum atomic E-state index is -0.412. The molecular weight excluding hydrogens is 320 g/mol. The van der Waals surface area contributed by atoms with Gasteiger partial charge in [0, 0.05) is 6.08 Å². The van der Waals surface area contributed by atoms with Crippen LogP contribution in [0.5, 0.6) is 11.5 Å². The highest BCUT2D eigenvalue weighted by atomic mass is 16.5. The first-order chi connectivity index (χ1) is 12.1. The molecule has 2 aromatic rings. The van der Waals surface area contributed by atoms with E-state index in [-0.39, 0.29) is 12.3 Å². The van der Waals surface area contributed by atoms with E-state index in [4.69, 9.17) is 9.47 Å². The lowest BCUT2D eigenvalue weighted by Gasteiger charge is -2.10. The molecule has 0 radical (unpaired) electrons. The number of rotatable bonds is 6. The van der Waals surface area contributed by atoms with Crippen LogP contribution in [0.2, 0.25) is 0 Å². The molecule has 0 spiro atoms. The van der Waals surface area contributed by atoms with Crippen LogP contribution in [0, 0.1) is 0 Å². The van der Waals surface area contributed by atoms with Gasteiger partial charge in [0.25, 0.3) is 5.91 Å². The quantitative estimate of drug-likeness (QED) is 0.624. The van der Waals surface area contributed by atoms with Gasteiger partial charge in [-0.2, -0.15) is 0 Å². The number of hydrogen-bond donors (Lipinski definition) is 2. The number of carbonyl (C=O) groups is 2. The first kappa shape index (κ1) is 18.1. The fourth-order valence-electron chi connectivity index (χ4n) is 2.13. The third kappa shape index (κ3) is 5.69. The molecule has 0 unspecified atom stereocenters. The van der Waals surface area contributed by atoms with E-state index in [2.05, 4.69) is 10.9 Å². The summed E-state index contributed by atoms with van der Waals surface area (Å²) < 4.78 is 10.3. The lowest BCUT2D eigenvalue weighted by molar-refractivity contribution is -0.126. The van der Waals surface area contributed by atoms with Gasteiger partial charge in [-0.1, -0.05) is 36.4 Å². The fourth-order valence-corrected chi connectivity index (χ4v) is 2.13. The van der Waals surface area contributed by atoms with Gasteiger partial charge in [0.2, 0.25) is 5.91 Å². The molecule has 0 fully saturated rings. The molecule has 130 valence electrons. The van der Waals surface area contributed by atoms with Crippen molar-refractivity contribution in [1.82, 2.24) is 10.9 Å². The molecule has 25 heavy (non-hydrogen) atoms. The first-order valence-electron chi connectivity index (χ1n) is 7.65. The molecule has 0 aromatic heterocycles. The van der Waals surface area contributed by atoms with Crippen LogP contribution in [-0.2, 0) is 16.0 Å². The van der Waals surface area contributed by atoms with Crippen LogP contribution >= 0.6 is 0 Å². The van der Waals surface area contributed by atoms with Gasteiger partial charge in [0.1, 0.15) is 0 Å². The summed E-state index contributed by atoms with van der Waals surface area (Å²) in [4.78, 5) is 23.6. The zero-order valence-electron chi connectivity index (χ0n) is 14.1. The molecule has 0 saturated heterocycles. The normalized spacial score (nSPS) is 10.3. The van der Waals surface area contributed by atoms with Crippen molar-refractivity contribution in [2.75, 3.05) is 14.2 Å². The number of hydrazine groups is 1. The van der Waals surface area contributed by atoms with Crippen molar-refractivity contribution in [3.05, 3.63) is 65.7 Å². The van der Waals surface area contributed by atoms with E-state index in [0.717, 1.165) is 11.1 Å². The van der Waals surface area contributed by atoms with Gasteiger partial charge in [0.15, 0.2) is 11.5 Å². The van der Waals surface area contributed by atoms with Crippen LogP contribution in [0.3, 0.4) is 0 Å². The number of ether oxygens (including phenoxy) is 2. The molecule has 0 heterocycles. The maximum absolute atomic E-state index is 11.9. The second-order valence-electron chi connectivity index (χ2n) is 5.15. The van der Waals surface area contributed by atoms with Gasteiger partial charge in [-0.3, -0.25) is 20.4 Å². The largest absolute Gasteiger partial charge is 0.493 e. The number of nitrogens with one attached hydrogen (secondary N) is 2. The highest BCUT2D eigenvalue weighted by Gasteiger charge is 2.08. The third-order valence-electron chi connectivity index (χ3n) is 3.36. The Morgan fingerprint density at radius 1 is 0.960 bits per heavy atom. The number of amides is 2. The summed E-state index contributed by atoms with van der Waals surface area (Å²) in [5.74, 6) is 0.381. The van der Waals surface area contributed by atoms with Crippen molar-refractivity contribution in [3.63, 3.8) is 0 Å². The standard InChI is InChI=1S/C19H20N2O4/c1-24-16-10-8-15(12-17(16)25-2)13-19(23)21-20-18(22)11-9-14-6-4-3-5-7-14/h3-12H,13H2,1-2H3,(H,20,22)(H,21,23). The number of benzene rings is 2. The van der Waals surface area contributed by atoms with Crippen LogP contribution in [0.25, 0.3) is 6.08 Å². The van der Waals surface area contributed by atoms with Gasteiger partial charge in [-0.05, 0) is 29.3 Å². The van der Waals surface area contributed by atoms with Crippen molar-refractivity contribution in [2.24, 2.45) is 0 Å². The Morgan fingerprint density at radius 3 is 2.36 bits per heavy atom. The van der Waals surface area contributed by atoms with Gasteiger partial charge in [0.05, 0.1) is 20.6 Å². The van der Waals surface area contributed by atoms with Crippen molar-refractivity contribution in [3.8, 4) is 11.5 Å². The van der Waals surface area contributed by atoms with E-state index in [1.54, 1.807) is 31.4 Å². The van der Waals surface area contributed by atoms with Crippen LogP contribution in [0.15, 0.2) is 54.6 Å². The Kier molecular flexibility index (Phi) is 6.59. The van der Waals surface area contributed by atoms with Crippen molar-refractivity contribution < 1.29 is 19.1 Å². The molecule has 6 nitrogen and oxygen atoms in total. The van der Waals surface area contributed by atoms with Gasteiger partial charge >= 0.3 is 0 Å². The molecule has 0 atom stereocenters. The molecule has 2 N–H and O–H groups in total. The van der Waals surface area contributed by atoms with E-state index < -0.39 is 5.91 Å². The number of methoxy groups -OCH3 is 2. The van der Waals surface area contributed by atoms with Crippen LogP contribution in [0.4, 0.5) is 0 Å². The molecule has 6 heteroatoms.